The summed E-state index contributed by atoms with van der Waals surface area (Å²) in [6.07, 6.45) is 0. The van der Waals surface area contributed by atoms with Crippen LogP contribution in [0.4, 0.5) is 0 Å². The van der Waals surface area contributed by atoms with Crippen LogP contribution in [0.3, 0.4) is 0 Å². The molecule has 1 aromatic heterocycles. The van der Waals surface area contributed by atoms with Crippen LogP contribution in [0.1, 0.15) is 54.6 Å². The van der Waals surface area contributed by atoms with Gasteiger partial charge in [0.2, 0.25) is 0 Å². The Bertz CT molecular complexity index is 576. The number of nitrogens with two attached hydrogens (primary N) is 1. The van der Waals surface area contributed by atoms with Crippen molar-refractivity contribution in [3.8, 4) is 5.75 Å². The SMILES string of the molecule is Cc1ccc(OCc2csc(C(C)C)n2)c([C@@H](C)N)c1. The molecule has 2 aromatic rings. The van der Waals surface area contributed by atoms with Crippen LogP contribution in [-0.4, -0.2) is 4.98 Å². The van der Waals surface area contributed by atoms with Crippen molar-refractivity contribution < 1.29 is 4.74 Å². The van der Waals surface area contributed by atoms with E-state index in [9.17, 15) is 0 Å². The van der Waals surface area contributed by atoms with Crippen molar-refractivity contribution in [2.45, 2.75) is 46.3 Å². The minimum atomic E-state index is -0.0356. The molecular formula is C16H22N2OS. The number of thiazole rings is 1. The van der Waals surface area contributed by atoms with E-state index < -0.39 is 0 Å². The van der Waals surface area contributed by atoms with Crippen LogP contribution in [0, 0.1) is 6.92 Å². The van der Waals surface area contributed by atoms with E-state index in [1.54, 1.807) is 11.3 Å². The zero-order valence-electron chi connectivity index (χ0n) is 12.5. The Balaban J connectivity index is 2.10. The minimum absolute atomic E-state index is 0.0356. The molecule has 0 saturated carbocycles. The first kappa shape index (κ1) is 15.0. The highest BCUT2D eigenvalue weighted by Gasteiger charge is 2.10. The number of rotatable bonds is 5. The molecule has 1 heterocycles. The number of hydrogen-bond acceptors (Lipinski definition) is 4. The molecule has 2 rings (SSSR count). The second-order valence-corrected chi connectivity index (χ2v) is 6.34. The molecule has 20 heavy (non-hydrogen) atoms. The molecule has 0 aliphatic heterocycles. The van der Waals surface area contributed by atoms with E-state index in [0.717, 1.165) is 22.0 Å². The summed E-state index contributed by atoms with van der Waals surface area (Å²) < 4.78 is 5.90. The third kappa shape index (κ3) is 3.58. The molecule has 0 amide bonds. The number of ether oxygens (including phenoxy) is 1. The summed E-state index contributed by atoms with van der Waals surface area (Å²) in [5.74, 6) is 1.32. The molecule has 1 aromatic carbocycles. The molecule has 0 saturated heterocycles. The fourth-order valence-corrected chi connectivity index (χ4v) is 2.78. The Morgan fingerprint density at radius 1 is 1.30 bits per heavy atom. The molecule has 4 heteroatoms. The largest absolute Gasteiger partial charge is 0.487 e. The van der Waals surface area contributed by atoms with Crippen molar-refractivity contribution >= 4 is 11.3 Å². The maximum atomic E-state index is 6.00. The van der Waals surface area contributed by atoms with Crippen LogP contribution in [-0.2, 0) is 6.61 Å². The lowest BCUT2D eigenvalue weighted by molar-refractivity contribution is 0.297. The Kier molecular flexibility index (Phi) is 4.78. The number of aromatic nitrogens is 1. The van der Waals surface area contributed by atoms with Gasteiger partial charge in [0.15, 0.2) is 0 Å². The van der Waals surface area contributed by atoms with E-state index >= 15 is 0 Å². The highest BCUT2D eigenvalue weighted by Crippen LogP contribution is 2.26. The average Bonchev–Trinajstić information content (AvgIpc) is 2.86. The summed E-state index contributed by atoms with van der Waals surface area (Å²) in [7, 11) is 0. The van der Waals surface area contributed by atoms with Crippen LogP contribution >= 0.6 is 11.3 Å². The summed E-state index contributed by atoms with van der Waals surface area (Å²) >= 11 is 1.69. The lowest BCUT2D eigenvalue weighted by atomic mass is 10.1. The Labute approximate surface area is 124 Å². The molecule has 0 spiro atoms. The third-order valence-electron chi connectivity index (χ3n) is 3.09. The molecule has 0 bridgehead atoms. The van der Waals surface area contributed by atoms with Crippen LogP contribution < -0.4 is 10.5 Å². The molecule has 0 unspecified atom stereocenters. The zero-order chi connectivity index (χ0) is 14.7. The maximum Gasteiger partial charge on any atom is 0.131 e. The molecule has 0 aliphatic rings. The number of aryl methyl sites for hydroxylation is 1. The number of nitrogens with zero attached hydrogens (tertiary/aromatic N) is 1. The molecule has 0 radical (unpaired) electrons. The predicted molar refractivity (Wildman–Crippen MR) is 84.3 cm³/mol. The van der Waals surface area contributed by atoms with Gasteiger partial charge in [-0.05, 0) is 19.9 Å². The van der Waals surface area contributed by atoms with Gasteiger partial charge in [-0.25, -0.2) is 4.98 Å². The van der Waals surface area contributed by atoms with E-state index in [1.165, 1.54) is 5.56 Å². The molecule has 1 atom stereocenters. The summed E-state index contributed by atoms with van der Waals surface area (Å²) in [6.45, 7) is 8.83. The van der Waals surface area contributed by atoms with Crippen LogP contribution in [0.5, 0.6) is 5.75 Å². The van der Waals surface area contributed by atoms with Gasteiger partial charge in [0.25, 0.3) is 0 Å². The molecule has 108 valence electrons. The molecule has 0 aliphatic carbocycles. The smallest absolute Gasteiger partial charge is 0.131 e. The van der Waals surface area contributed by atoms with E-state index in [2.05, 4.69) is 37.2 Å². The summed E-state index contributed by atoms with van der Waals surface area (Å²) in [6, 6.07) is 6.08. The summed E-state index contributed by atoms with van der Waals surface area (Å²) in [5, 5.41) is 3.22. The third-order valence-corrected chi connectivity index (χ3v) is 4.29. The first-order chi connectivity index (χ1) is 9.47. The standard InChI is InChI=1S/C16H22N2OS/c1-10(2)16-18-13(9-20-16)8-19-15-6-5-11(3)7-14(15)12(4)17/h5-7,9-10,12H,8,17H2,1-4H3/t12-/m1/s1. The van der Waals surface area contributed by atoms with E-state index in [4.69, 9.17) is 10.5 Å². The average molecular weight is 290 g/mol. The van der Waals surface area contributed by atoms with Crippen molar-refractivity contribution in [1.29, 1.82) is 0 Å². The van der Waals surface area contributed by atoms with Gasteiger partial charge >= 0.3 is 0 Å². The highest BCUT2D eigenvalue weighted by atomic mass is 32.1. The van der Waals surface area contributed by atoms with Gasteiger partial charge in [-0.15, -0.1) is 11.3 Å². The van der Waals surface area contributed by atoms with Crippen molar-refractivity contribution in [3.05, 3.63) is 45.4 Å². The molecule has 2 N–H and O–H groups in total. The first-order valence-corrected chi connectivity index (χ1v) is 7.78. The van der Waals surface area contributed by atoms with Crippen LogP contribution in [0.15, 0.2) is 23.6 Å². The topological polar surface area (TPSA) is 48.1 Å². The lowest BCUT2D eigenvalue weighted by Crippen LogP contribution is -2.08. The maximum absolute atomic E-state index is 6.00. The van der Waals surface area contributed by atoms with Gasteiger partial charge in [0, 0.05) is 22.9 Å². The Morgan fingerprint density at radius 3 is 2.65 bits per heavy atom. The summed E-state index contributed by atoms with van der Waals surface area (Å²) in [4.78, 5) is 4.58. The Hall–Kier alpha value is -1.39. The van der Waals surface area contributed by atoms with Crippen LogP contribution in [0.25, 0.3) is 0 Å². The van der Waals surface area contributed by atoms with Gasteiger partial charge in [-0.2, -0.15) is 0 Å². The zero-order valence-corrected chi connectivity index (χ0v) is 13.3. The lowest BCUT2D eigenvalue weighted by Gasteiger charge is -2.14. The van der Waals surface area contributed by atoms with E-state index in [1.807, 2.05) is 19.1 Å². The highest BCUT2D eigenvalue weighted by molar-refractivity contribution is 7.09. The normalized spacial score (nSPS) is 12.7. The molecule has 0 fully saturated rings. The predicted octanol–water partition coefficient (Wildman–Crippen LogP) is 4.17. The molecule has 3 nitrogen and oxygen atoms in total. The first-order valence-electron chi connectivity index (χ1n) is 6.90. The van der Waals surface area contributed by atoms with Crippen molar-refractivity contribution in [1.82, 2.24) is 4.98 Å². The molecular weight excluding hydrogens is 268 g/mol. The fourth-order valence-electron chi connectivity index (χ4n) is 1.96. The van der Waals surface area contributed by atoms with Crippen molar-refractivity contribution in [2.24, 2.45) is 5.73 Å². The van der Waals surface area contributed by atoms with Crippen LogP contribution in [0.2, 0.25) is 0 Å². The fraction of sp³-hybridized carbons (Fsp3) is 0.438. The monoisotopic (exact) mass is 290 g/mol. The second kappa shape index (κ2) is 6.37. The van der Waals surface area contributed by atoms with E-state index in [-0.39, 0.29) is 6.04 Å². The van der Waals surface area contributed by atoms with Gasteiger partial charge in [-0.3, -0.25) is 0 Å². The van der Waals surface area contributed by atoms with E-state index in [0.29, 0.717) is 12.5 Å². The summed E-state index contributed by atoms with van der Waals surface area (Å²) in [5.41, 5.74) is 9.22. The second-order valence-electron chi connectivity index (χ2n) is 5.45. The van der Waals surface area contributed by atoms with Crippen molar-refractivity contribution in [2.75, 3.05) is 0 Å². The quantitative estimate of drug-likeness (QED) is 0.899. The Morgan fingerprint density at radius 2 is 2.05 bits per heavy atom. The van der Waals surface area contributed by atoms with Gasteiger partial charge in [0.05, 0.1) is 10.7 Å². The van der Waals surface area contributed by atoms with Gasteiger partial charge in [0.1, 0.15) is 12.4 Å². The number of benzene rings is 1. The van der Waals surface area contributed by atoms with Crippen molar-refractivity contribution in [3.63, 3.8) is 0 Å². The number of hydrogen-bond donors (Lipinski definition) is 1. The minimum Gasteiger partial charge on any atom is -0.487 e. The van der Waals surface area contributed by atoms with Gasteiger partial charge < -0.3 is 10.5 Å². The van der Waals surface area contributed by atoms with Gasteiger partial charge in [-0.1, -0.05) is 31.5 Å².